The zero-order valence-electron chi connectivity index (χ0n) is 14.6. The van der Waals surface area contributed by atoms with Gasteiger partial charge in [-0.3, -0.25) is 14.3 Å². The van der Waals surface area contributed by atoms with Crippen LogP contribution in [0.2, 0.25) is 0 Å². The number of aldehydes is 1. The van der Waals surface area contributed by atoms with E-state index in [1.807, 2.05) is 0 Å². The molecule has 0 amide bonds. The third kappa shape index (κ3) is 3.37. The summed E-state index contributed by atoms with van der Waals surface area (Å²) in [6, 6.07) is 9.65. The van der Waals surface area contributed by atoms with Crippen LogP contribution in [0.15, 0.2) is 48.7 Å². The molecule has 7 nitrogen and oxygen atoms in total. The molecule has 1 aromatic carbocycles. The van der Waals surface area contributed by atoms with Gasteiger partial charge in [0.15, 0.2) is 11.9 Å². The maximum absolute atomic E-state index is 13.9. The molecule has 140 valence electrons. The smallest absolute Gasteiger partial charge is 0.221 e. The molecule has 0 aliphatic rings. The second-order valence-corrected chi connectivity index (χ2v) is 5.87. The van der Waals surface area contributed by atoms with Crippen LogP contribution < -0.4 is 10.1 Å². The Morgan fingerprint density at radius 2 is 1.96 bits per heavy atom. The average Bonchev–Trinajstić information content (AvgIpc) is 2.99. The van der Waals surface area contributed by atoms with Crippen molar-refractivity contribution in [3.8, 4) is 11.6 Å². The molecule has 3 heterocycles. The molecule has 0 bridgehead atoms. The van der Waals surface area contributed by atoms with Crippen molar-refractivity contribution < 1.29 is 18.3 Å². The molecule has 1 N–H and O–H groups in total. The number of carbonyl (C=O) groups excluding carboxylic acids is 1. The summed E-state index contributed by atoms with van der Waals surface area (Å²) in [5.41, 5.74) is 1.39. The number of nitrogens with zero attached hydrogens (tertiary/aromatic N) is 4. The van der Waals surface area contributed by atoms with Crippen LogP contribution in [0, 0.1) is 11.6 Å². The highest BCUT2D eigenvalue weighted by molar-refractivity contribution is 5.76. The largest absolute Gasteiger partial charge is 0.439 e. The minimum absolute atomic E-state index is 0.0921. The molecule has 0 saturated heterocycles. The van der Waals surface area contributed by atoms with Crippen LogP contribution in [0.4, 0.5) is 20.4 Å². The second kappa shape index (κ2) is 7.03. The zero-order valence-corrected chi connectivity index (χ0v) is 14.6. The lowest BCUT2D eigenvalue weighted by Crippen LogP contribution is -2.01. The molecule has 28 heavy (non-hydrogen) atoms. The number of rotatable bonds is 5. The normalized spacial score (nSPS) is 10.8. The van der Waals surface area contributed by atoms with Crippen LogP contribution in [0.5, 0.6) is 11.6 Å². The topological polar surface area (TPSA) is 81.9 Å². The van der Waals surface area contributed by atoms with Gasteiger partial charge in [0.05, 0.1) is 5.69 Å². The molecule has 0 radical (unpaired) electrons. The number of halogens is 2. The third-order valence-corrected chi connectivity index (χ3v) is 3.96. The summed E-state index contributed by atoms with van der Waals surface area (Å²) in [6.07, 6.45) is 2.08. The van der Waals surface area contributed by atoms with Crippen LogP contribution in [0.3, 0.4) is 0 Å². The summed E-state index contributed by atoms with van der Waals surface area (Å²) in [5.74, 6) is -0.355. The number of hydrogen-bond acceptors (Lipinski definition) is 6. The van der Waals surface area contributed by atoms with E-state index >= 15 is 0 Å². The summed E-state index contributed by atoms with van der Waals surface area (Å²) in [6.45, 7) is 0. The molecular formula is C19H13F2N5O2. The fraction of sp³-hybridized carbons (Fsp3) is 0.0526. The number of aryl methyl sites for hydroxylation is 1. The first kappa shape index (κ1) is 17.5. The van der Waals surface area contributed by atoms with E-state index in [2.05, 4.69) is 20.3 Å². The third-order valence-electron chi connectivity index (χ3n) is 3.96. The van der Waals surface area contributed by atoms with Crippen molar-refractivity contribution in [2.45, 2.75) is 0 Å². The number of fused-ring (bicyclic) bond motifs is 1. The summed E-state index contributed by atoms with van der Waals surface area (Å²) < 4.78 is 34.2. The van der Waals surface area contributed by atoms with E-state index in [9.17, 15) is 13.6 Å². The SMILES string of the molecule is Cn1c(Nc2ccc(F)cc2F)nc2ccc(Oc3ccnc(C=O)c3)nc21. The Kier molecular flexibility index (Phi) is 4.40. The Morgan fingerprint density at radius 1 is 1.11 bits per heavy atom. The van der Waals surface area contributed by atoms with Crippen LogP contribution in [0.25, 0.3) is 11.2 Å². The summed E-state index contributed by atoms with van der Waals surface area (Å²) in [4.78, 5) is 23.5. The van der Waals surface area contributed by atoms with E-state index in [0.717, 1.165) is 12.1 Å². The maximum atomic E-state index is 13.9. The Bertz CT molecular complexity index is 1190. The highest BCUT2D eigenvalue weighted by Crippen LogP contribution is 2.26. The van der Waals surface area contributed by atoms with Crippen molar-refractivity contribution in [3.05, 3.63) is 66.0 Å². The van der Waals surface area contributed by atoms with E-state index in [1.165, 1.54) is 18.3 Å². The van der Waals surface area contributed by atoms with Crippen molar-refractivity contribution in [2.75, 3.05) is 5.32 Å². The zero-order chi connectivity index (χ0) is 19.7. The molecule has 0 atom stereocenters. The lowest BCUT2D eigenvalue weighted by atomic mass is 10.3. The number of imidazole rings is 1. The summed E-state index contributed by atoms with van der Waals surface area (Å²) in [5, 5.41) is 2.82. The number of carbonyl (C=O) groups is 1. The molecule has 4 rings (SSSR count). The second-order valence-electron chi connectivity index (χ2n) is 5.87. The Labute approximate surface area is 157 Å². The molecule has 0 aliphatic carbocycles. The van der Waals surface area contributed by atoms with E-state index < -0.39 is 11.6 Å². The summed E-state index contributed by atoms with van der Waals surface area (Å²) >= 11 is 0. The van der Waals surface area contributed by atoms with E-state index in [-0.39, 0.29) is 17.3 Å². The molecule has 3 aromatic heterocycles. The maximum Gasteiger partial charge on any atom is 0.221 e. The Hall–Kier alpha value is -3.88. The molecule has 0 unspecified atom stereocenters. The number of pyridine rings is 2. The van der Waals surface area contributed by atoms with Gasteiger partial charge < -0.3 is 10.1 Å². The van der Waals surface area contributed by atoms with E-state index in [1.54, 1.807) is 29.8 Å². The van der Waals surface area contributed by atoms with Crippen molar-refractivity contribution in [2.24, 2.45) is 7.05 Å². The predicted molar refractivity (Wildman–Crippen MR) is 97.8 cm³/mol. The molecule has 4 aromatic rings. The van der Waals surface area contributed by atoms with Gasteiger partial charge in [0, 0.05) is 31.4 Å². The molecular weight excluding hydrogens is 368 g/mol. The molecule has 0 spiro atoms. The summed E-state index contributed by atoms with van der Waals surface area (Å²) in [7, 11) is 1.70. The highest BCUT2D eigenvalue weighted by atomic mass is 19.1. The first-order chi connectivity index (χ1) is 13.5. The standard InChI is InChI=1S/C19H13F2N5O2/c1-26-18-16(24-19(26)23-15-3-2-11(20)8-14(15)21)4-5-17(25-18)28-13-6-7-22-12(9-13)10-27/h2-10H,1H3,(H,23,24). The number of anilines is 2. The van der Waals surface area contributed by atoms with Gasteiger partial charge in [0.2, 0.25) is 11.8 Å². The predicted octanol–water partition coefficient (Wildman–Crippen LogP) is 3.99. The van der Waals surface area contributed by atoms with Gasteiger partial charge in [-0.25, -0.2) is 13.8 Å². The fourth-order valence-electron chi connectivity index (χ4n) is 2.60. The van der Waals surface area contributed by atoms with Gasteiger partial charge in [0.1, 0.15) is 28.6 Å². The molecule has 0 aliphatic heterocycles. The number of aromatic nitrogens is 4. The minimum Gasteiger partial charge on any atom is -0.439 e. The first-order valence-electron chi connectivity index (χ1n) is 8.18. The van der Waals surface area contributed by atoms with Crippen LogP contribution in [-0.4, -0.2) is 25.8 Å². The van der Waals surface area contributed by atoms with Crippen molar-refractivity contribution >= 4 is 29.1 Å². The Morgan fingerprint density at radius 3 is 2.75 bits per heavy atom. The van der Waals surface area contributed by atoms with Crippen LogP contribution in [-0.2, 0) is 7.05 Å². The molecule has 9 heteroatoms. The van der Waals surface area contributed by atoms with Crippen molar-refractivity contribution in [3.63, 3.8) is 0 Å². The number of nitrogens with one attached hydrogen (secondary N) is 1. The Balaban J connectivity index is 1.64. The van der Waals surface area contributed by atoms with Gasteiger partial charge in [-0.05, 0) is 24.3 Å². The van der Waals surface area contributed by atoms with Gasteiger partial charge >= 0.3 is 0 Å². The molecule has 0 fully saturated rings. The monoisotopic (exact) mass is 381 g/mol. The minimum atomic E-state index is -0.729. The van der Waals surface area contributed by atoms with Gasteiger partial charge in [-0.1, -0.05) is 0 Å². The lowest BCUT2D eigenvalue weighted by molar-refractivity contribution is 0.111. The van der Waals surface area contributed by atoms with Crippen molar-refractivity contribution in [1.29, 1.82) is 0 Å². The number of ether oxygens (including phenoxy) is 1. The van der Waals surface area contributed by atoms with E-state index in [0.29, 0.717) is 29.1 Å². The molecule has 0 saturated carbocycles. The van der Waals surface area contributed by atoms with Gasteiger partial charge in [-0.2, -0.15) is 4.98 Å². The fourth-order valence-corrected chi connectivity index (χ4v) is 2.60. The van der Waals surface area contributed by atoms with Gasteiger partial charge in [-0.15, -0.1) is 0 Å². The quantitative estimate of drug-likeness (QED) is 0.527. The van der Waals surface area contributed by atoms with E-state index in [4.69, 9.17) is 4.74 Å². The average molecular weight is 381 g/mol. The lowest BCUT2D eigenvalue weighted by Gasteiger charge is -2.07. The number of benzene rings is 1. The van der Waals surface area contributed by atoms with Crippen molar-refractivity contribution in [1.82, 2.24) is 19.5 Å². The van der Waals surface area contributed by atoms with Crippen LogP contribution >= 0.6 is 0 Å². The first-order valence-corrected chi connectivity index (χ1v) is 8.18. The highest BCUT2D eigenvalue weighted by Gasteiger charge is 2.13. The van der Waals surface area contributed by atoms with Gasteiger partial charge in [0.25, 0.3) is 0 Å². The van der Waals surface area contributed by atoms with Crippen LogP contribution in [0.1, 0.15) is 10.5 Å². The number of hydrogen-bond donors (Lipinski definition) is 1.